The summed E-state index contributed by atoms with van der Waals surface area (Å²) in [6, 6.07) is 4.51. The molecule has 0 aliphatic heterocycles. The topological polar surface area (TPSA) is 55.1 Å². The molecular weight excluding hydrogens is 202 g/mol. The highest BCUT2D eigenvalue weighted by Crippen LogP contribution is 2.21. The van der Waals surface area contributed by atoms with E-state index in [1.165, 1.54) is 25.7 Å². The molecule has 5 heteroatoms. The minimum atomic E-state index is 0.585. The fourth-order valence-corrected chi connectivity index (χ4v) is 2.25. The van der Waals surface area contributed by atoms with Crippen LogP contribution in [0.4, 0.5) is 5.82 Å². The molecule has 0 amide bonds. The highest BCUT2D eigenvalue weighted by molar-refractivity contribution is 5.44. The molecular formula is C11H15N5. The van der Waals surface area contributed by atoms with Crippen LogP contribution in [0.15, 0.2) is 12.1 Å². The van der Waals surface area contributed by atoms with Gasteiger partial charge in [0.1, 0.15) is 5.82 Å². The Morgan fingerprint density at radius 2 is 2.06 bits per heavy atom. The Balaban J connectivity index is 1.88. The van der Waals surface area contributed by atoms with Crippen molar-refractivity contribution >= 4 is 11.5 Å². The number of hydrogen-bond donors (Lipinski definition) is 1. The SMILES string of the molecule is Cc1nnc2ccc(NC3CCCC3)nn12. The van der Waals surface area contributed by atoms with Crippen molar-refractivity contribution in [3.8, 4) is 0 Å². The average molecular weight is 217 g/mol. The first-order chi connectivity index (χ1) is 7.83. The molecule has 2 aromatic heterocycles. The summed E-state index contributed by atoms with van der Waals surface area (Å²) in [6.07, 6.45) is 5.15. The monoisotopic (exact) mass is 217 g/mol. The first kappa shape index (κ1) is 9.57. The van der Waals surface area contributed by atoms with Gasteiger partial charge in [0, 0.05) is 6.04 Å². The Kier molecular flexibility index (Phi) is 2.23. The summed E-state index contributed by atoms with van der Waals surface area (Å²) in [5.41, 5.74) is 0.800. The fraction of sp³-hybridized carbons (Fsp3) is 0.545. The average Bonchev–Trinajstić information content (AvgIpc) is 2.90. The third-order valence-electron chi connectivity index (χ3n) is 3.13. The van der Waals surface area contributed by atoms with Gasteiger partial charge >= 0.3 is 0 Å². The van der Waals surface area contributed by atoms with Gasteiger partial charge in [-0.15, -0.1) is 15.3 Å². The molecule has 84 valence electrons. The highest BCUT2D eigenvalue weighted by atomic mass is 15.4. The number of nitrogens with one attached hydrogen (secondary N) is 1. The maximum atomic E-state index is 4.48. The lowest BCUT2D eigenvalue weighted by Gasteiger charge is -2.12. The standard InChI is InChI=1S/C11H15N5/c1-8-13-14-11-7-6-10(15-16(8)11)12-9-4-2-3-5-9/h6-7,9H,2-5H2,1H3,(H,12,15). The van der Waals surface area contributed by atoms with Gasteiger partial charge in [0.2, 0.25) is 0 Å². The van der Waals surface area contributed by atoms with E-state index in [2.05, 4.69) is 20.6 Å². The van der Waals surface area contributed by atoms with E-state index < -0.39 is 0 Å². The van der Waals surface area contributed by atoms with Gasteiger partial charge in [-0.05, 0) is 31.9 Å². The number of aromatic nitrogens is 4. The summed E-state index contributed by atoms with van der Waals surface area (Å²) in [6.45, 7) is 1.91. The van der Waals surface area contributed by atoms with Gasteiger partial charge in [0.25, 0.3) is 0 Å². The van der Waals surface area contributed by atoms with Crippen LogP contribution in [0.25, 0.3) is 5.65 Å². The van der Waals surface area contributed by atoms with E-state index in [1.54, 1.807) is 4.52 Å². The van der Waals surface area contributed by atoms with Gasteiger partial charge in [-0.2, -0.15) is 4.52 Å². The summed E-state index contributed by atoms with van der Waals surface area (Å²) in [5, 5.41) is 15.9. The predicted octanol–water partition coefficient (Wildman–Crippen LogP) is 1.79. The molecule has 1 fully saturated rings. The molecule has 2 heterocycles. The molecule has 16 heavy (non-hydrogen) atoms. The second-order valence-corrected chi connectivity index (χ2v) is 4.36. The summed E-state index contributed by atoms with van der Waals surface area (Å²) in [5.74, 6) is 1.74. The van der Waals surface area contributed by atoms with E-state index >= 15 is 0 Å². The van der Waals surface area contributed by atoms with Crippen LogP contribution in [-0.2, 0) is 0 Å². The maximum Gasteiger partial charge on any atom is 0.178 e. The van der Waals surface area contributed by atoms with E-state index in [0.29, 0.717) is 6.04 Å². The highest BCUT2D eigenvalue weighted by Gasteiger charge is 2.15. The quantitative estimate of drug-likeness (QED) is 0.833. The fourth-order valence-electron chi connectivity index (χ4n) is 2.25. The number of fused-ring (bicyclic) bond motifs is 1. The van der Waals surface area contributed by atoms with Crippen molar-refractivity contribution in [3.63, 3.8) is 0 Å². The summed E-state index contributed by atoms with van der Waals surface area (Å²) >= 11 is 0. The van der Waals surface area contributed by atoms with Crippen LogP contribution in [0.5, 0.6) is 0 Å². The molecule has 0 unspecified atom stereocenters. The van der Waals surface area contributed by atoms with Crippen LogP contribution in [0.2, 0.25) is 0 Å². The molecule has 0 aromatic carbocycles. The second-order valence-electron chi connectivity index (χ2n) is 4.36. The zero-order valence-electron chi connectivity index (χ0n) is 9.35. The third kappa shape index (κ3) is 1.62. The van der Waals surface area contributed by atoms with Gasteiger partial charge in [-0.25, -0.2) is 0 Å². The summed E-state index contributed by atoms with van der Waals surface area (Å²) in [7, 11) is 0. The molecule has 2 aromatic rings. The molecule has 0 saturated heterocycles. The van der Waals surface area contributed by atoms with Gasteiger partial charge in [0.05, 0.1) is 0 Å². The zero-order valence-corrected chi connectivity index (χ0v) is 9.35. The number of nitrogens with zero attached hydrogens (tertiary/aromatic N) is 4. The second kappa shape index (κ2) is 3.73. The van der Waals surface area contributed by atoms with Crippen molar-refractivity contribution in [1.82, 2.24) is 19.8 Å². The lowest BCUT2D eigenvalue weighted by Crippen LogP contribution is -2.16. The van der Waals surface area contributed by atoms with Gasteiger partial charge in [0.15, 0.2) is 11.5 Å². The van der Waals surface area contributed by atoms with Crippen molar-refractivity contribution in [2.75, 3.05) is 5.32 Å². The Bertz CT molecular complexity index is 498. The Morgan fingerprint density at radius 1 is 1.25 bits per heavy atom. The van der Waals surface area contributed by atoms with Crippen molar-refractivity contribution in [2.24, 2.45) is 0 Å². The first-order valence-electron chi connectivity index (χ1n) is 5.78. The molecule has 0 radical (unpaired) electrons. The first-order valence-corrected chi connectivity index (χ1v) is 5.78. The van der Waals surface area contributed by atoms with Gasteiger partial charge in [-0.3, -0.25) is 0 Å². The molecule has 0 atom stereocenters. The number of anilines is 1. The summed E-state index contributed by atoms with van der Waals surface area (Å²) in [4.78, 5) is 0. The molecule has 0 spiro atoms. The molecule has 1 saturated carbocycles. The Hall–Kier alpha value is -1.65. The maximum absolute atomic E-state index is 4.48. The molecule has 5 nitrogen and oxygen atoms in total. The zero-order chi connectivity index (χ0) is 11.0. The van der Waals surface area contributed by atoms with Crippen molar-refractivity contribution in [3.05, 3.63) is 18.0 Å². The van der Waals surface area contributed by atoms with E-state index in [0.717, 1.165) is 17.3 Å². The largest absolute Gasteiger partial charge is 0.366 e. The Labute approximate surface area is 93.9 Å². The normalized spacial score (nSPS) is 17.1. The molecule has 1 aliphatic carbocycles. The van der Waals surface area contributed by atoms with Gasteiger partial charge < -0.3 is 5.32 Å². The molecule has 1 aliphatic rings. The Morgan fingerprint density at radius 3 is 2.88 bits per heavy atom. The molecule has 0 bridgehead atoms. The van der Waals surface area contributed by atoms with Crippen LogP contribution in [0.3, 0.4) is 0 Å². The molecule has 1 N–H and O–H groups in total. The van der Waals surface area contributed by atoms with Crippen LogP contribution < -0.4 is 5.32 Å². The van der Waals surface area contributed by atoms with E-state index in [4.69, 9.17) is 0 Å². The number of rotatable bonds is 2. The van der Waals surface area contributed by atoms with Gasteiger partial charge in [-0.1, -0.05) is 12.8 Å². The lowest BCUT2D eigenvalue weighted by molar-refractivity contribution is 0.741. The predicted molar refractivity (Wildman–Crippen MR) is 61.4 cm³/mol. The van der Waals surface area contributed by atoms with E-state index in [1.807, 2.05) is 19.1 Å². The van der Waals surface area contributed by atoms with Crippen LogP contribution in [-0.4, -0.2) is 25.9 Å². The third-order valence-corrected chi connectivity index (χ3v) is 3.13. The van der Waals surface area contributed by atoms with Crippen molar-refractivity contribution < 1.29 is 0 Å². The van der Waals surface area contributed by atoms with Crippen molar-refractivity contribution in [2.45, 2.75) is 38.6 Å². The van der Waals surface area contributed by atoms with Crippen LogP contribution >= 0.6 is 0 Å². The number of hydrogen-bond acceptors (Lipinski definition) is 4. The van der Waals surface area contributed by atoms with E-state index in [9.17, 15) is 0 Å². The minimum Gasteiger partial charge on any atom is -0.366 e. The van der Waals surface area contributed by atoms with Crippen LogP contribution in [0.1, 0.15) is 31.5 Å². The minimum absolute atomic E-state index is 0.585. The van der Waals surface area contributed by atoms with Crippen molar-refractivity contribution in [1.29, 1.82) is 0 Å². The number of aryl methyl sites for hydroxylation is 1. The lowest BCUT2D eigenvalue weighted by atomic mass is 10.2. The molecule has 3 rings (SSSR count). The smallest absolute Gasteiger partial charge is 0.178 e. The van der Waals surface area contributed by atoms with E-state index in [-0.39, 0.29) is 0 Å². The van der Waals surface area contributed by atoms with Crippen LogP contribution in [0, 0.1) is 6.92 Å². The summed E-state index contributed by atoms with van der Waals surface area (Å²) < 4.78 is 1.78.